The van der Waals surface area contributed by atoms with Crippen LogP contribution in [-0.4, -0.2) is 48.0 Å². The Kier molecular flexibility index (Phi) is 6.81. The number of pyridine rings is 1. The number of aromatic nitrogens is 1. The van der Waals surface area contributed by atoms with Gasteiger partial charge in [0.25, 0.3) is 0 Å². The van der Waals surface area contributed by atoms with Gasteiger partial charge in [-0.2, -0.15) is 0 Å². The van der Waals surface area contributed by atoms with Gasteiger partial charge in [-0.25, -0.2) is 12.7 Å². The molecule has 1 aromatic heterocycles. The topological polar surface area (TPSA) is 82.9 Å². The maximum atomic E-state index is 11.7. The number of oxime groups is 1. The van der Waals surface area contributed by atoms with Crippen molar-refractivity contribution in [1.29, 1.82) is 0 Å². The molecule has 4 rings (SSSR count). The monoisotopic (exact) mass is 465 g/mol. The fourth-order valence-corrected chi connectivity index (χ4v) is 5.70. The number of benzene rings is 1. The van der Waals surface area contributed by atoms with Crippen LogP contribution in [0.25, 0.3) is 0 Å². The number of rotatable bonds is 7. The van der Waals surface area contributed by atoms with E-state index in [1.807, 2.05) is 19.1 Å². The van der Waals surface area contributed by atoms with Crippen LogP contribution in [0, 0.1) is 18.8 Å². The SMILES string of the molecule is Cc1cc(/C(C[C@H](c2ccc(C3CN(S(C)(=O)=O)C3)cc2)C2C=CC=CC2C)=N/O)ccn1. The van der Waals surface area contributed by atoms with Gasteiger partial charge in [0, 0.05) is 42.9 Å². The second-order valence-corrected chi connectivity index (χ2v) is 11.2. The Morgan fingerprint density at radius 2 is 1.88 bits per heavy atom. The summed E-state index contributed by atoms with van der Waals surface area (Å²) in [4.78, 5) is 4.26. The van der Waals surface area contributed by atoms with E-state index in [9.17, 15) is 13.6 Å². The van der Waals surface area contributed by atoms with Gasteiger partial charge in [-0.1, -0.05) is 60.6 Å². The quantitative estimate of drug-likeness (QED) is 0.371. The average Bonchev–Trinajstić information content (AvgIpc) is 2.74. The lowest BCUT2D eigenvalue weighted by atomic mass is 9.73. The van der Waals surface area contributed by atoms with Gasteiger partial charge in [0.1, 0.15) is 0 Å². The molecule has 174 valence electrons. The minimum Gasteiger partial charge on any atom is -0.411 e. The van der Waals surface area contributed by atoms with Crippen LogP contribution < -0.4 is 0 Å². The highest BCUT2D eigenvalue weighted by Gasteiger charge is 2.34. The van der Waals surface area contributed by atoms with E-state index in [1.54, 1.807) is 6.20 Å². The minimum atomic E-state index is -3.12. The molecule has 0 bridgehead atoms. The Bertz CT molecular complexity index is 1180. The molecule has 2 heterocycles. The van der Waals surface area contributed by atoms with Gasteiger partial charge in [-0.15, -0.1) is 0 Å². The Hall–Kier alpha value is -2.77. The van der Waals surface area contributed by atoms with E-state index >= 15 is 0 Å². The Morgan fingerprint density at radius 1 is 1.18 bits per heavy atom. The van der Waals surface area contributed by atoms with E-state index in [2.05, 4.69) is 65.6 Å². The van der Waals surface area contributed by atoms with Crippen molar-refractivity contribution < 1.29 is 13.6 Å². The smallest absolute Gasteiger partial charge is 0.211 e. The summed E-state index contributed by atoms with van der Waals surface area (Å²) in [5.41, 5.74) is 4.75. The van der Waals surface area contributed by atoms with Crippen molar-refractivity contribution in [1.82, 2.24) is 9.29 Å². The number of nitrogens with zero attached hydrogens (tertiary/aromatic N) is 3. The maximum absolute atomic E-state index is 11.7. The van der Waals surface area contributed by atoms with Crippen LogP contribution in [0.15, 0.2) is 72.1 Å². The molecule has 1 aliphatic heterocycles. The summed E-state index contributed by atoms with van der Waals surface area (Å²) in [5, 5.41) is 13.5. The zero-order chi connectivity index (χ0) is 23.6. The van der Waals surface area contributed by atoms with Crippen LogP contribution in [0.3, 0.4) is 0 Å². The molecule has 7 heteroatoms. The van der Waals surface area contributed by atoms with E-state index in [-0.39, 0.29) is 17.8 Å². The third-order valence-electron chi connectivity index (χ3n) is 6.85. The van der Waals surface area contributed by atoms with Crippen LogP contribution in [0.1, 0.15) is 47.6 Å². The molecule has 1 aliphatic carbocycles. The van der Waals surface area contributed by atoms with Crippen LogP contribution in [-0.2, 0) is 10.0 Å². The third kappa shape index (κ3) is 5.25. The van der Waals surface area contributed by atoms with Crippen molar-refractivity contribution in [2.75, 3.05) is 19.3 Å². The standard InChI is InChI=1S/C26H31N3O3S/c1-18-6-4-5-7-24(18)25(15-26(28-30)22-12-13-27-19(2)14-22)21-10-8-20(9-11-21)23-16-29(17-23)33(3,31)32/h4-14,18,23-25,30H,15-17H2,1-3H3/b28-26+/t18?,24?,25-/m1/s1. The molecule has 2 unspecified atom stereocenters. The molecule has 0 amide bonds. The lowest BCUT2D eigenvalue weighted by molar-refractivity contribution is 0.266. The van der Waals surface area contributed by atoms with E-state index in [4.69, 9.17) is 0 Å². The highest BCUT2D eigenvalue weighted by molar-refractivity contribution is 7.88. The summed E-state index contributed by atoms with van der Waals surface area (Å²) in [7, 11) is -3.12. The number of sulfonamides is 1. The Labute approximate surface area is 196 Å². The molecule has 1 fully saturated rings. The second kappa shape index (κ2) is 9.61. The van der Waals surface area contributed by atoms with Crippen molar-refractivity contribution in [3.8, 4) is 0 Å². The summed E-state index contributed by atoms with van der Waals surface area (Å²) < 4.78 is 24.9. The number of hydrogen-bond donors (Lipinski definition) is 1. The molecule has 2 aliphatic rings. The average molecular weight is 466 g/mol. The second-order valence-electron chi connectivity index (χ2n) is 9.19. The number of allylic oxidation sites excluding steroid dienone is 4. The third-order valence-corrected chi connectivity index (χ3v) is 8.08. The molecule has 0 saturated carbocycles. The van der Waals surface area contributed by atoms with Gasteiger partial charge in [0.15, 0.2) is 0 Å². The number of aryl methyl sites for hydroxylation is 1. The first-order chi connectivity index (χ1) is 15.8. The zero-order valence-corrected chi connectivity index (χ0v) is 20.1. The van der Waals surface area contributed by atoms with Crippen LogP contribution in [0.4, 0.5) is 0 Å². The van der Waals surface area contributed by atoms with Gasteiger partial charge in [0.05, 0.1) is 12.0 Å². The Balaban J connectivity index is 1.59. The van der Waals surface area contributed by atoms with Crippen LogP contribution in [0.5, 0.6) is 0 Å². The molecular weight excluding hydrogens is 434 g/mol. The van der Waals surface area contributed by atoms with Crippen molar-refractivity contribution in [3.63, 3.8) is 0 Å². The minimum absolute atomic E-state index is 0.128. The van der Waals surface area contributed by atoms with Gasteiger partial charge in [-0.05, 0) is 47.9 Å². The van der Waals surface area contributed by atoms with Crippen molar-refractivity contribution >= 4 is 15.7 Å². The van der Waals surface area contributed by atoms with Crippen molar-refractivity contribution in [3.05, 3.63) is 89.3 Å². The van der Waals surface area contributed by atoms with Gasteiger partial charge >= 0.3 is 0 Å². The fraction of sp³-hybridized carbons (Fsp3) is 0.385. The molecule has 33 heavy (non-hydrogen) atoms. The zero-order valence-electron chi connectivity index (χ0n) is 19.3. The van der Waals surface area contributed by atoms with E-state index in [0.29, 0.717) is 31.1 Å². The number of hydrogen-bond acceptors (Lipinski definition) is 5. The van der Waals surface area contributed by atoms with Crippen LogP contribution >= 0.6 is 0 Å². The summed E-state index contributed by atoms with van der Waals surface area (Å²) in [5.74, 6) is 0.986. The fourth-order valence-electron chi connectivity index (χ4n) is 4.80. The summed E-state index contributed by atoms with van der Waals surface area (Å²) in [6, 6.07) is 12.4. The van der Waals surface area contributed by atoms with Gasteiger partial charge < -0.3 is 5.21 Å². The molecule has 1 N–H and O–H groups in total. The van der Waals surface area contributed by atoms with Crippen LogP contribution in [0.2, 0.25) is 0 Å². The normalized spacial score (nSPS) is 22.8. The van der Waals surface area contributed by atoms with Gasteiger partial charge in [-0.3, -0.25) is 4.98 Å². The predicted molar refractivity (Wildman–Crippen MR) is 131 cm³/mol. The maximum Gasteiger partial charge on any atom is 0.211 e. The predicted octanol–water partition coefficient (Wildman–Crippen LogP) is 4.48. The Morgan fingerprint density at radius 3 is 2.48 bits per heavy atom. The molecule has 1 aromatic carbocycles. The summed E-state index contributed by atoms with van der Waals surface area (Å²) in [6.07, 6.45) is 12.2. The molecule has 2 aromatic rings. The summed E-state index contributed by atoms with van der Waals surface area (Å²) >= 11 is 0. The molecule has 0 radical (unpaired) electrons. The molecular formula is C26H31N3O3S. The largest absolute Gasteiger partial charge is 0.411 e. The lowest BCUT2D eigenvalue weighted by Gasteiger charge is -2.37. The van der Waals surface area contributed by atoms with Gasteiger partial charge in [0.2, 0.25) is 10.0 Å². The molecule has 1 saturated heterocycles. The molecule has 3 atom stereocenters. The van der Waals surface area contributed by atoms with E-state index in [1.165, 1.54) is 16.1 Å². The first-order valence-corrected chi connectivity index (χ1v) is 13.1. The lowest BCUT2D eigenvalue weighted by Crippen LogP contribution is -2.47. The van der Waals surface area contributed by atoms with E-state index in [0.717, 1.165) is 16.8 Å². The highest BCUT2D eigenvalue weighted by Crippen LogP contribution is 2.38. The van der Waals surface area contributed by atoms with E-state index < -0.39 is 10.0 Å². The molecule has 0 spiro atoms. The first-order valence-electron chi connectivity index (χ1n) is 11.3. The highest BCUT2D eigenvalue weighted by atomic mass is 32.2. The summed E-state index contributed by atoms with van der Waals surface area (Å²) in [6.45, 7) is 5.22. The van der Waals surface area contributed by atoms with Crippen molar-refractivity contribution in [2.24, 2.45) is 17.0 Å². The first kappa shape index (κ1) is 23.4. The van der Waals surface area contributed by atoms with Crippen molar-refractivity contribution in [2.45, 2.75) is 32.1 Å². The molecule has 6 nitrogen and oxygen atoms in total.